The zero-order chi connectivity index (χ0) is 12.6. The van der Waals surface area contributed by atoms with E-state index in [1.54, 1.807) is 10.7 Å². The van der Waals surface area contributed by atoms with E-state index < -0.39 is 0 Å². The molecule has 2 aromatic heterocycles. The molecule has 0 unspecified atom stereocenters. The van der Waals surface area contributed by atoms with Crippen LogP contribution in [0.5, 0.6) is 0 Å². The number of carbonyl (C=O) groups is 1. The zero-order valence-electron chi connectivity index (χ0n) is 10.7. The Morgan fingerprint density at radius 1 is 1.41 bits per heavy atom. The number of carbonyl (C=O) groups excluding carboxylic acids is 1. The van der Waals surface area contributed by atoms with Crippen LogP contribution >= 0.6 is 0 Å². The molecule has 0 atom stereocenters. The molecule has 0 aliphatic heterocycles. The van der Waals surface area contributed by atoms with Crippen LogP contribution in [0, 0.1) is 19.8 Å². The molecule has 0 spiro atoms. The highest BCUT2D eigenvalue weighted by atomic mass is 16.1. The fourth-order valence-electron chi connectivity index (χ4n) is 1.90. The molecule has 0 aromatic carbocycles. The van der Waals surface area contributed by atoms with Crippen molar-refractivity contribution in [3.63, 3.8) is 0 Å². The lowest BCUT2D eigenvalue weighted by atomic mass is 10.0. The van der Waals surface area contributed by atoms with Gasteiger partial charge in [0, 0.05) is 18.2 Å². The lowest BCUT2D eigenvalue weighted by Gasteiger charge is -2.05. The third-order valence-corrected chi connectivity index (χ3v) is 2.64. The SMILES string of the molecule is Cc1nc2c(C)cc(C(=O)CC(C)C)cn2n1. The molecular weight excluding hydrogens is 214 g/mol. The van der Waals surface area contributed by atoms with Gasteiger partial charge in [-0.05, 0) is 31.4 Å². The van der Waals surface area contributed by atoms with Gasteiger partial charge in [0.1, 0.15) is 5.82 Å². The van der Waals surface area contributed by atoms with Crippen molar-refractivity contribution < 1.29 is 4.79 Å². The van der Waals surface area contributed by atoms with Gasteiger partial charge in [0.2, 0.25) is 0 Å². The number of aryl methyl sites for hydroxylation is 2. The molecule has 0 fully saturated rings. The quantitative estimate of drug-likeness (QED) is 0.763. The van der Waals surface area contributed by atoms with Crippen molar-refractivity contribution in [2.24, 2.45) is 5.92 Å². The van der Waals surface area contributed by atoms with Gasteiger partial charge >= 0.3 is 0 Å². The first-order valence-electron chi connectivity index (χ1n) is 5.84. The minimum atomic E-state index is 0.165. The van der Waals surface area contributed by atoms with E-state index in [2.05, 4.69) is 10.1 Å². The summed E-state index contributed by atoms with van der Waals surface area (Å²) >= 11 is 0. The van der Waals surface area contributed by atoms with Crippen molar-refractivity contribution in [3.8, 4) is 0 Å². The normalized spacial score (nSPS) is 11.4. The molecule has 17 heavy (non-hydrogen) atoms. The number of rotatable bonds is 3. The Labute approximate surface area is 101 Å². The monoisotopic (exact) mass is 231 g/mol. The first-order valence-corrected chi connectivity index (χ1v) is 5.84. The molecule has 90 valence electrons. The van der Waals surface area contributed by atoms with E-state index in [0.717, 1.165) is 17.0 Å². The minimum absolute atomic E-state index is 0.165. The van der Waals surface area contributed by atoms with E-state index in [9.17, 15) is 4.79 Å². The first-order chi connectivity index (χ1) is 7.97. The average Bonchev–Trinajstić information content (AvgIpc) is 2.58. The maximum Gasteiger partial charge on any atom is 0.164 e. The molecule has 2 heterocycles. The van der Waals surface area contributed by atoms with E-state index in [1.807, 2.05) is 33.8 Å². The summed E-state index contributed by atoms with van der Waals surface area (Å²) in [5.41, 5.74) is 2.53. The highest BCUT2D eigenvalue weighted by molar-refractivity contribution is 5.96. The molecule has 2 aromatic rings. The minimum Gasteiger partial charge on any atom is -0.294 e. The highest BCUT2D eigenvalue weighted by Gasteiger charge is 2.12. The summed E-state index contributed by atoms with van der Waals surface area (Å²) in [6.07, 6.45) is 2.34. The molecule has 4 heteroatoms. The Bertz CT molecular complexity index is 569. The van der Waals surface area contributed by atoms with Crippen LogP contribution in [-0.4, -0.2) is 20.4 Å². The lowest BCUT2D eigenvalue weighted by Crippen LogP contribution is -2.06. The Hall–Kier alpha value is -1.71. The Morgan fingerprint density at radius 3 is 2.76 bits per heavy atom. The second-order valence-corrected chi connectivity index (χ2v) is 4.86. The van der Waals surface area contributed by atoms with E-state index in [0.29, 0.717) is 17.9 Å². The van der Waals surface area contributed by atoms with Crippen molar-refractivity contribution in [1.29, 1.82) is 0 Å². The average molecular weight is 231 g/mol. The third-order valence-electron chi connectivity index (χ3n) is 2.64. The maximum absolute atomic E-state index is 12.0. The molecule has 0 saturated carbocycles. The molecule has 0 radical (unpaired) electrons. The molecular formula is C13H17N3O. The number of aromatic nitrogens is 3. The number of Topliss-reactive ketones (excluding diaryl/α,β-unsaturated/α-hetero) is 1. The molecule has 2 rings (SSSR count). The predicted octanol–water partition coefficient (Wildman–Crippen LogP) is 2.57. The Balaban J connectivity index is 2.46. The molecule has 4 nitrogen and oxygen atoms in total. The molecule has 0 aliphatic carbocycles. The largest absolute Gasteiger partial charge is 0.294 e. The van der Waals surface area contributed by atoms with Crippen LogP contribution in [0.2, 0.25) is 0 Å². The fraction of sp³-hybridized carbons (Fsp3) is 0.462. The van der Waals surface area contributed by atoms with Crippen LogP contribution in [0.15, 0.2) is 12.3 Å². The van der Waals surface area contributed by atoms with Crippen molar-refractivity contribution >= 4 is 11.4 Å². The van der Waals surface area contributed by atoms with Gasteiger partial charge in [-0.25, -0.2) is 9.50 Å². The second kappa shape index (κ2) is 4.28. The number of pyridine rings is 1. The summed E-state index contributed by atoms with van der Waals surface area (Å²) in [6.45, 7) is 7.89. The number of hydrogen-bond donors (Lipinski definition) is 0. The van der Waals surface area contributed by atoms with Gasteiger partial charge in [0.05, 0.1) is 0 Å². The van der Waals surface area contributed by atoms with Crippen LogP contribution in [0.4, 0.5) is 0 Å². The smallest absolute Gasteiger partial charge is 0.164 e. The van der Waals surface area contributed by atoms with Crippen LogP contribution in [0.1, 0.15) is 42.0 Å². The van der Waals surface area contributed by atoms with Gasteiger partial charge in [0.15, 0.2) is 11.4 Å². The summed E-state index contributed by atoms with van der Waals surface area (Å²) in [5.74, 6) is 1.26. The van der Waals surface area contributed by atoms with E-state index in [-0.39, 0.29) is 5.78 Å². The van der Waals surface area contributed by atoms with Gasteiger partial charge in [-0.2, -0.15) is 5.10 Å². The van der Waals surface area contributed by atoms with E-state index in [1.165, 1.54) is 0 Å². The van der Waals surface area contributed by atoms with Gasteiger partial charge < -0.3 is 0 Å². The molecule has 0 aliphatic rings. The van der Waals surface area contributed by atoms with Crippen LogP contribution in [0.3, 0.4) is 0 Å². The summed E-state index contributed by atoms with van der Waals surface area (Å²) in [5, 5.41) is 4.25. The summed E-state index contributed by atoms with van der Waals surface area (Å²) in [4.78, 5) is 16.3. The topological polar surface area (TPSA) is 47.3 Å². The fourth-order valence-corrected chi connectivity index (χ4v) is 1.90. The number of hydrogen-bond acceptors (Lipinski definition) is 3. The van der Waals surface area contributed by atoms with E-state index >= 15 is 0 Å². The van der Waals surface area contributed by atoms with Crippen LogP contribution < -0.4 is 0 Å². The van der Waals surface area contributed by atoms with Crippen molar-refractivity contribution in [3.05, 3.63) is 29.2 Å². The first kappa shape index (κ1) is 11.8. The van der Waals surface area contributed by atoms with Gasteiger partial charge in [-0.1, -0.05) is 13.8 Å². The van der Waals surface area contributed by atoms with Crippen molar-refractivity contribution in [1.82, 2.24) is 14.6 Å². The second-order valence-electron chi connectivity index (χ2n) is 4.86. The number of fused-ring (bicyclic) bond motifs is 1. The molecule has 0 saturated heterocycles. The lowest BCUT2D eigenvalue weighted by molar-refractivity contribution is 0.0967. The summed E-state index contributed by atoms with van der Waals surface area (Å²) in [7, 11) is 0. The maximum atomic E-state index is 12.0. The van der Waals surface area contributed by atoms with Crippen molar-refractivity contribution in [2.45, 2.75) is 34.1 Å². The summed E-state index contributed by atoms with van der Waals surface area (Å²) < 4.78 is 1.69. The molecule has 0 N–H and O–H groups in total. The van der Waals surface area contributed by atoms with E-state index in [4.69, 9.17) is 0 Å². The third kappa shape index (κ3) is 2.35. The number of ketones is 1. The van der Waals surface area contributed by atoms with Gasteiger partial charge in [-0.3, -0.25) is 4.79 Å². The number of nitrogens with zero attached hydrogens (tertiary/aromatic N) is 3. The Kier molecular flexibility index (Phi) is 2.96. The highest BCUT2D eigenvalue weighted by Crippen LogP contribution is 2.14. The van der Waals surface area contributed by atoms with Crippen molar-refractivity contribution in [2.75, 3.05) is 0 Å². The molecule has 0 bridgehead atoms. The Morgan fingerprint density at radius 2 is 2.12 bits per heavy atom. The predicted molar refractivity (Wildman–Crippen MR) is 66.2 cm³/mol. The van der Waals surface area contributed by atoms with Crippen LogP contribution in [-0.2, 0) is 0 Å². The standard InChI is InChI=1S/C13H17N3O/c1-8(2)5-12(17)11-6-9(3)13-14-10(4)15-16(13)7-11/h6-8H,5H2,1-4H3. The zero-order valence-corrected chi connectivity index (χ0v) is 10.7. The van der Waals surface area contributed by atoms with Gasteiger partial charge in [0.25, 0.3) is 0 Å². The van der Waals surface area contributed by atoms with Gasteiger partial charge in [-0.15, -0.1) is 0 Å². The summed E-state index contributed by atoms with van der Waals surface area (Å²) in [6, 6.07) is 1.90. The van der Waals surface area contributed by atoms with Crippen LogP contribution in [0.25, 0.3) is 5.65 Å². The molecule has 0 amide bonds.